The molecule has 0 N–H and O–H groups in total. The van der Waals surface area contributed by atoms with Crippen molar-refractivity contribution < 1.29 is 19.0 Å². The fraction of sp³-hybridized carbons (Fsp3) is 0.300. The average Bonchev–Trinajstić information content (AvgIpc) is 2.25. The Kier molecular flexibility index (Phi) is 4.24. The van der Waals surface area contributed by atoms with Gasteiger partial charge in [-0.05, 0) is 17.7 Å². The topological polar surface area (TPSA) is 44.8 Å². The zero-order valence-corrected chi connectivity index (χ0v) is 9.21. The lowest BCUT2D eigenvalue weighted by molar-refractivity contribution is 0.167. The van der Waals surface area contributed by atoms with Gasteiger partial charge >= 0.3 is 5.43 Å². The van der Waals surface area contributed by atoms with Gasteiger partial charge in [0.05, 0.1) is 14.2 Å². The molecule has 0 aromatic heterocycles. The van der Waals surface area contributed by atoms with Crippen LogP contribution in [0.4, 0.5) is 4.79 Å². The maximum atomic E-state index is 10.4. The Morgan fingerprint density at radius 1 is 1.20 bits per heavy atom. The summed E-state index contributed by atoms with van der Waals surface area (Å²) in [6.07, 6.45) is 0. The molecule has 82 valence electrons. The van der Waals surface area contributed by atoms with Crippen molar-refractivity contribution in [2.75, 3.05) is 14.2 Å². The molecule has 0 saturated carbocycles. The lowest BCUT2D eigenvalue weighted by Gasteiger charge is -2.07. The second kappa shape index (κ2) is 5.46. The van der Waals surface area contributed by atoms with Crippen LogP contribution in [0.1, 0.15) is 5.56 Å². The number of benzene rings is 1. The largest absolute Gasteiger partial charge is 0.497 e. The highest BCUT2D eigenvalue weighted by Crippen LogP contribution is 2.22. The number of carbonyl (C=O) groups excluding carboxylic acids is 1. The molecule has 0 bridgehead atoms. The van der Waals surface area contributed by atoms with Gasteiger partial charge in [0.15, 0.2) is 0 Å². The fourth-order valence-corrected chi connectivity index (χ4v) is 1.14. The van der Waals surface area contributed by atoms with Crippen LogP contribution in [-0.4, -0.2) is 19.6 Å². The molecule has 15 heavy (non-hydrogen) atoms. The quantitative estimate of drug-likeness (QED) is 0.746. The van der Waals surface area contributed by atoms with Crippen LogP contribution in [-0.2, 0) is 11.3 Å². The van der Waals surface area contributed by atoms with Gasteiger partial charge < -0.3 is 14.2 Å². The van der Waals surface area contributed by atoms with Crippen molar-refractivity contribution in [1.29, 1.82) is 0 Å². The summed E-state index contributed by atoms with van der Waals surface area (Å²) in [7, 11) is 3.10. The molecule has 5 heteroatoms. The van der Waals surface area contributed by atoms with E-state index in [2.05, 4.69) is 4.74 Å². The maximum Gasteiger partial charge on any atom is 0.404 e. The average molecular weight is 231 g/mol. The number of hydrogen-bond acceptors (Lipinski definition) is 4. The molecule has 0 aliphatic carbocycles. The molecule has 1 aromatic carbocycles. The van der Waals surface area contributed by atoms with E-state index in [0.717, 1.165) is 5.56 Å². The number of hydrogen-bond donors (Lipinski definition) is 0. The van der Waals surface area contributed by atoms with Gasteiger partial charge in [-0.2, -0.15) is 0 Å². The van der Waals surface area contributed by atoms with E-state index in [1.54, 1.807) is 32.4 Å². The van der Waals surface area contributed by atoms with E-state index < -0.39 is 5.43 Å². The second-order valence-corrected chi connectivity index (χ2v) is 3.06. The highest BCUT2D eigenvalue weighted by Gasteiger charge is 2.03. The summed E-state index contributed by atoms with van der Waals surface area (Å²) in [4.78, 5) is 10.4. The highest BCUT2D eigenvalue weighted by atomic mass is 35.5. The third kappa shape index (κ3) is 3.67. The lowest BCUT2D eigenvalue weighted by atomic mass is 10.2. The van der Waals surface area contributed by atoms with Gasteiger partial charge in [-0.25, -0.2) is 4.79 Å². The van der Waals surface area contributed by atoms with Crippen LogP contribution in [0.15, 0.2) is 18.2 Å². The van der Waals surface area contributed by atoms with Crippen LogP contribution >= 0.6 is 11.6 Å². The summed E-state index contributed by atoms with van der Waals surface area (Å²) in [5, 5.41) is 0. The zero-order valence-electron chi connectivity index (χ0n) is 8.45. The van der Waals surface area contributed by atoms with E-state index >= 15 is 0 Å². The third-order valence-electron chi connectivity index (χ3n) is 1.76. The zero-order chi connectivity index (χ0) is 11.3. The lowest BCUT2D eigenvalue weighted by Crippen LogP contribution is -1.96. The third-order valence-corrected chi connectivity index (χ3v) is 1.87. The van der Waals surface area contributed by atoms with Gasteiger partial charge in [0.1, 0.15) is 18.1 Å². The Balaban J connectivity index is 2.81. The maximum absolute atomic E-state index is 10.4. The van der Waals surface area contributed by atoms with E-state index in [1.807, 2.05) is 0 Å². The summed E-state index contributed by atoms with van der Waals surface area (Å²) in [5.41, 5.74) is -0.0861. The molecule has 1 aromatic rings. The molecular formula is C10H11ClO4. The Labute approximate surface area is 92.7 Å². The number of carbonyl (C=O) groups is 1. The molecule has 0 aliphatic heterocycles. The van der Waals surface area contributed by atoms with E-state index in [9.17, 15) is 4.79 Å². The van der Waals surface area contributed by atoms with Crippen LogP contribution in [0.3, 0.4) is 0 Å². The van der Waals surface area contributed by atoms with Crippen molar-refractivity contribution in [2.24, 2.45) is 0 Å². The molecule has 0 fully saturated rings. The summed E-state index contributed by atoms with van der Waals surface area (Å²) in [5.74, 6) is 1.27. The smallest absolute Gasteiger partial charge is 0.404 e. The molecule has 0 aliphatic rings. The monoisotopic (exact) mass is 230 g/mol. The molecule has 0 spiro atoms. The first-order valence-electron chi connectivity index (χ1n) is 4.20. The minimum absolute atomic E-state index is 0.0931. The first-order chi connectivity index (χ1) is 7.15. The van der Waals surface area contributed by atoms with Crippen LogP contribution in [0.2, 0.25) is 0 Å². The van der Waals surface area contributed by atoms with Gasteiger partial charge in [0, 0.05) is 17.7 Å². The summed E-state index contributed by atoms with van der Waals surface area (Å²) in [6.45, 7) is 0.0931. The SMILES string of the molecule is COc1cc(COC(=O)Cl)cc(OC)c1. The van der Waals surface area contributed by atoms with E-state index in [0.29, 0.717) is 11.5 Å². The first-order valence-corrected chi connectivity index (χ1v) is 4.57. The van der Waals surface area contributed by atoms with Crippen molar-refractivity contribution >= 4 is 17.0 Å². The standard InChI is InChI=1S/C10H11ClO4/c1-13-8-3-7(6-15-10(11)12)4-9(5-8)14-2/h3-5H,6H2,1-2H3. The summed E-state index contributed by atoms with van der Waals surface area (Å²) < 4.78 is 14.7. The summed E-state index contributed by atoms with van der Waals surface area (Å²) >= 11 is 5.05. The molecule has 1 rings (SSSR count). The number of rotatable bonds is 4. The Hall–Kier alpha value is -1.42. The van der Waals surface area contributed by atoms with Crippen LogP contribution < -0.4 is 9.47 Å². The predicted molar refractivity (Wildman–Crippen MR) is 55.6 cm³/mol. The van der Waals surface area contributed by atoms with Crippen molar-refractivity contribution in [2.45, 2.75) is 6.61 Å². The number of ether oxygens (including phenoxy) is 3. The molecule has 0 amide bonds. The van der Waals surface area contributed by atoms with Gasteiger partial charge in [0.25, 0.3) is 0 Å². The van der Waals surface area contributed by atoms with E-state index in [-0.39, 0.29) is 6.61 Å². The number of methoxy groups -OCH3 is 2. The molecule has 0 radical (unpaired) electrons. The normalized spacial score (nSPS) is 9.53. The van der Waals surface area contributed by atoms with Gasteiger partial charge in [-0.15, -0.1) is 0 Å². The molecular weight excluding hydrogens is 220 g/mol. The van der Waals surface area contributed by atoms with Crippen molar-refractivity contribution in [3.05, 3.63) is 23.8 Å². The van der Waals surface area contributed by atoms with Crippen molar-refractivity contribution in [3.63, 3.8) is 0 Å². The summed E-state index contributed by atoms with van der Waals surface area (Å²) in [6, 6.07) is 5.21. The molecule has 0 unspecified atom stereocenters. The van der Waals surface area contributed by atoms with Crippen molar-refractivity contribution in [1.82, 2.24) is 0 Å². The van der Waals surface area contributed by atoms with Gasteiger partial charge in [-0.1, -0.05) is 0 Å². The first kappa shape index (κ1) is 11.7. The number of halogens is 1. The Morgan fingerprint density at radius 3 is 2.13 bits per heavy atom. The van der Waals surface area contributed by atoms with Crippen molar-refractivity contribution in [3.8, 4) is 11.5 Å². The van der Waals surface area contributed by atoms with Crippen LogP contribution in [0, 0.1) is 0 Å². The molecule has 0 atom stereocenters. The Bertz CT molecular complexity index is 329. The second-order valence-electron chi connectivity index (χ2n) is 2.75. The molecule has 0 heterocycles. The molecule has 0 saturated heterocycles. The van der Waals surface area contributed by atoms with Gasteiger partial charge in [0.2, 0.25) is 0 Å². The van der Waals surface area contributed by atoms with Crippen LogP contribution in [0.25, 0.3) is 0 Å². The minimum Gasteiger partial charge on any atom is -0.497 e. The van der Waals surface area contributed by atoms with E-state index in [1.165, 1.54) is 0 Å². The molecule has 4 nitrogen and oxygen atoms in total. The fourth-order valence-electron chi connectivity index (χ4n) is 1.09. The predicted octanol–water partition coefficient (Wildman–Crippen LogP) is 2.58. The van der Waals surface area contributed by atoms with Gasteiger partial charge in [-0.3, -0.25) is 0 Å². The highest BCUT2D eigenvalue weighted by molar-refractivity contribution is 6.61. The minimum atomic E-state index is -0.836. The van der Waals surface area contributed by atoms with E-state index in [4.69, 9.17) is 21.1 Å². The van der Waals surface area contributed by atoms with Crippen LogP contribution in [0.5, 0.6) is 11.5 Å². The Morgan fingerprint density at radius 2 is 1.73 bits per heavy atom.